The van der Waals surface area contributed by atoms with E-state index in [1.165, 1.54) is 0 Å². The lowest BCUT2D eigenvalue weighted by molar-refractivity contribution is 0.129. The average molecular weight is 315 g/mol. The topological polar surface area (TPSA) is 78.6 Å². The summed E-state index contributed by atoms with van der Waals surface area (Å²) in [7, 11) is 0. The van der Waals surface area contributed by atoms with Gasteiger partial charge in [-0.1, -0.05) is 18.2 Å². The number of aromatic nitrogens is 1. The molecule has 6 heteroatoms. The molecule has 0 aliphatic carbocycles. The summed E-state index contributed by atoms with van der Waals surface area (Å²) in [5.41, 5.74) is 1.60. The first-order valence-electron chi connectivity index (χ1n) is 7.89. The Kier molecular flexibility index (Phi) is 4.92. The van der Waals surface area contributed by atoms with Crippen LogP contribution < -0.4 is 5.32 Å². The number of benzene rings is 1. The number of nitrogens with zero attached hydrogens (tertiary/aromatic N) is 2. The van der Waals surface area contributed by atoms with E-state index in [0.717, 1.165) is 24.9 Å². The Balaban J connectivity index is 1.54. The molecule has 2 amide bonds. The highest BCUT2D eigenvalue weighted by Gasteiger charge is 2.23. The van der Waals surface area contributed by atoms with Gasteiger partial charge in [0.2, 0.25) is 5.89 Å². The summed E-state index contributed by atoms with van der Waals surface area (Å²) in [5.74, 6) is 0.736. The first-order chi connectivity index (χ1) is 11.3. The third-order valence-corrected chi connectivity index (χ3v) is 4.06. The molecule has 1 aromatic heterocycles. The Hall–Kier alpha value is -2.34. The van der Waals surface area contributed by atoms with Crippen LogP contribution >= 0.6 is 0 Å². The van der Waals surface area contributed by atoms with E-state index in [1.807, 2.05) is 30.3 Å². The molecule has 0 bridgehead atoms. The zero-order valence-corrected chi connectivity index (χ0v) is 12.9. The highest BCUT2D eigenvalue weighted by molar-refractivity contribution is 5.74. The molecule has 1 aliphatic rings. The summed E-state index contributed by atoms with van der Waals surface area (Å²) in [6.07, 6.45) is 3.47. The first-order valence-corrected chi connectivity index (χ1v) is 7.89. The van der Waals surface area contributed by atoms with Gasteiger partial charge < -0.3 is 19.7 Å². The van der Waals surface area contributed by atoms with Crippen molar-refractivity contribution in [3.8, 4) is 11.5 Å². The van der Waals surface area contributed by atoms with Crippen LogP contribution in [0.5, 0.6) is 0 Å². The molecule has 1 unspecified atom stereocenters. The van der Waals surface area contributed by atoms with Gasteiger partial charge in [0.15, 0.2) is 0 Å². The summed E-state index contributed by atoms with van der Waals surface area (Å²) in [5, 5.41) is 12.1. The van der Waals surface area contributed by atoms with Crippen LogP contribution in [0, 0.1) is 5.92 Å². The maximum atomic E-state index is 12.2. The number of piperidine rings is 1. The Bertz CT molecular complexity index is 642. The molecule has 1 fully saturated rings. The van der Waals surface area contributed by atoms with E-state index < -0.39 is 0 Å². The Labute approximate surface area is 135 Å². The highest BCUT2D eigenvalue weighted by atomic mass is 16.3. The van der Waals surface area contributed by atoms with Gasteiger partial charge in [-0.15, -0.1) is 0 Å². The van der Waals surface area contributed by atoms with Gasteiger partial charge in [-0.3, -0.25) is 0 Å². The van der Waals surface area contributed by atoms with Gasteiger partial charge in [0.1, 0.15) is 6.26 Å². The Morgan fingerprint density at radius 3 is 3.00 bits per heavy atom. The lowest BCUT2D eigenvalue weighted by Gasteiger charge is -2.31. The van der Waals surface area contributed by atoms with Crippen molar-refractivity contribution in [2.24, 2.45) is 5.92 Å². The van der Waals surface area contributed by atoms with Crippen molar-refractivity contribution in [2.75, 3.05) is 19.7 Å². The molecule has 0 saturated carbocycles. The number of carbonyl (C=O) groups excluding carboxylic acids is 1. The second-order valence-electron chi connectivity index (χ2n) is 5.81. The molecule has 2 N–H and O–H groups in total. The summed E-state index contributed by atoms with van der Waals surface area (Å²) >= 11 is 0. The van der Waals surface area contributed by atoms with Gasteiger partial charge in [0.25, 0.3) is 0 Å². The zero-order chi connectivity index (χ0) is 16.1. The molecule has 0 spiro atoms. The van der Waals surface area contributed by atoms with Gasteiger partial charge in [-0.05, 0) is 30.9 Å². The van der Waals surface area contributed by atoms with Crippen molar-refractivity contribution in [2.45, 2.75) is 19.4 Å². The van der Waals surface area contributed by atoms with Crippen molar-refractivity contribution < 1.29 is 14.3 Å². The fourth-order valence-corrected chi connectivity index (χ4v) is 2.78. The largest absolute Gasteiger partial charge is 0.444 e. The molecule has 0 radical (unpaired) electrons. The smallest absolute Gasteiger partial charge is 0.317 e. The van der Waals surface area contributed by atoms with Crippen molar-refractivity contribution in [3.05, 3.63) is 42.3 Å². The van der Waals surface area contributed by atoms with E-state index in [0.29, 0.717) is 24.7 Å². The lowest BCUT2D eigenvalue weighted by atomic mass is 9.99. The molecular formula is C17H21N3O3. The highest BCUT2D eigenvalue weighted by Crippen LogP contribution is 2.18. The van der Waals surface area contributed by atoms with Crippen molar-refractivity contribution in [1.82, 2.24) is 15.2 Å². The molecule has 1 saturated heterocycles. The minimum atomic E-state index is -0.118. The van der Waals surface area contributed by atoms with E-state index in [2.05, 4.69) is 10.3 Å². The molecule has 1 aliphatic heterocycles. The van der Waals surface area contributed by atoms with Gasteiger partial charge >= 0.3 is 6.03 Å². The number of amides is 2. The van der Waals surface area contributed by atoms with Gasteiger partial charge in [-0.2, -0.15) is 0 Å². The van der Waals surface area contributed by atoms with Gasteiger partial charge in [-0.25, -0.2) is 9.78 Å². The molecule has 2 aromatic rings. The third kappa shape index (κ3) is 3.90. The van der Waals surface area contributed by atoms with Crippen LogP contribution in [0.3, 0.4) is 0 Å². The number of oxazole rings is 1. The predicted octanol–water partition coefficient (Wildman–Crippen LogP) is 2.26. The molecular weight excluding hydrogens is 294 g/mol. The molecule has 2 heterocycles. The minimum Gasteiger partial charge on any atom is -0.444 e. The van der Waals surface area contributed by atoms with Crippen LogP contribution in [0.15, 0.2) is 41.0 Å². The molecule has 1 atom stereocenters. The SMILES string of the molecule is O=C(NCc1coc(-c2ccccc2)n1)N1CCCC(CO)C1. The third-order valence-electron chi connectivity index (χ3n) is 4.06. The molecule has 1 aromatic carbocycles. The normalized spacial score (nSPS) is 18.0. The van der Waals surface area contributed by atoms with Crippen molar-refractivity contribution in [1.29, 1.82) is 0 Å². The summed E-state index contributed by atoms with van der Waals surface area (Å²) < 4.78 is 5.45. The summed E-state index contributed by atoms with van der Waals surface area (Å²) in [4.78, 5) is 18.3. The number of urea groups is 1. The molecule has 23 heavy (non-hydrogen) atoms. The van der Waals surface area contributed by atoms with Crippen molar-refractivity contribution >= 4 is 6.03 Å². The number of hydrogen-bond donors (Lipinski definition) is 2. The Morgan fingerprint density at radius 2 is 2.22 bits per heavy atom. The number of carbonyl (C=O) groups is 1. The second-order valence-corrected chi connectivity index (χ2v) is 5.81. The van der Waals surface area contributed by atoms with Crippen LogP contribution in [0.1, 0.15) is 18.5 Å². The first kappa shape index (κ1) is 15.6. The lowest BCUT2D eigenvalue weighted by Crippen LogP contribution is -2.45. The number of likely N-dealkylation sites (tertiary alicyclic amines) is 1. The van der Waals surface area contributed by atoms with Crippen molar-refractivity contribution in [3.63, 3.8) is 0 Å². The second kappa shape index (κ2) is 7.28. The maximum absolute atomic E-state index is 12.2. The summed E-state index contributed by atoms with van der Waals surface area (Å²) in [6.45, 7) is 1.80. The van der Waals surface area contributed by atoms with Crippen LogP contribution in [-0.2, 0) is 6.54 Å². The minimum absolute atomic E-state index is 0.118. The fraction of sp³-hybridized carbons (Fsp3) is 0.412. The van der Waals surface area contributed by atoms with Crippen LogP contribution in [0.4, 0.5) is 4.79 Å². The van der Waals surface area contributed by atoms with E-state index in [9.17, 15) is 9.90 Å². The number of nitrogens with one attached hydrogen (secondary N) is 1. The van der Waals surface area contributed by atoms with Crippen LogP contribution in [0.25, 0.3) is 11.5 Å². The number of hydrogen-bond acceptors (Lipinski definition) is 4. The van der Waals surface area contributed by atoms with E-state index in [1.54, 1.807) is 11.2 Å². The number of rotatable bonds is 4. The predicted molar refractivity (Wildman–Crippen MR) is 85.6 cm³/mol. The Morgan fingerprint density at radius 1 is 1.39 bits per heavy atom. The van der Waals surface area contributed by atoms with E-state index >= 15 is 0 Å². The molecule has 6 nitrogen and oxygen atoms in total. The number of aliphatic hydroxyl groups is 1. The standard InChI is InChI=1S/C17H21N3O3/c21-11-13-5-4-8-20(10-13)17(22)18-9-15-12-23-16(19-15)14-6-2-1-3-7-14/h1-3,6-7,12-13,21H,4-5,8-11H2,(H,18,22). The van der Waals surface area contributed by atoms with Gasteiger partial charge in [0, 0.05) is 25.3 Å². The monoisotopic (exact) mass is 315 g/mol. The van der Waals surface area contributed by atoms with Crippen LogP contribution in [-0.4, -0.2) is 40.7 Å². The molecule has 3 rings (SSSR count). The van der Waals surface area contributed by atoms with Gasteiger partial charge in [0.05, 0.1) is 12.2 Å². The average Bonchev–Trinajstić information content (AvgIpc) is 3.09. The van der Waals surface area contributed by atoms with Crippen LogP contribution in [0.2, 0.25) is 0 Å². The fourth-order valence-electron chi connectivity index (χ4n) is 2.78. The zero-order valence-electron chi connectivity index (χ0n) is 12.9. The maximum Gasteiger partial charge on any atom is 0.317 e. The van der Waals surface area contributed by atoms with E-state index in [-0.39, 0.29) is 18.6 Å². The quantitative estimate of drug-likeness (QED) is 0.907. The number of aliphatic hydroxyl groups excluding tert-OH is 1. The molecule has 122 valence electrons. The van der Waals surface area contributed by atoms with E-state index in [4.69, 9.17) is 4.42 Å². The summed E-state index contributed by atoms with van der Waals surface area (Å²) in [6, 6.07) is 9.52.